The van der Waals surface area contributed by atoms with Crippen LogP contribution in [0.25, 0.3) is 16.5 Å². The van der Waals surface area contributed by atoms with Crippen LogP contribution in [0.15, 0.2) is 73.6 Å². The number of benzene rings is 2. The molecule has 1 aliphatic carbocycles. The van der Waals surface area contributed by atoms with Crippen LogP contribution in [0.1, 0.15) is 41.3 Å². The van der Waals surface area contributed by atoms with Gasteiger partial charge in [0.25, 0.3) is 0 Å². The first-order valence-corrected chi connectivity index (χ1v) is 11.3. The molecule has 160 valence electrons. The molecule has 0 bridgehead atoms. The predicted molar refractivity (Wildman–Crippen MR) is 129 cm³/mol. The molecule has 1 spiro atoms. The Morgan fingerprint density at radius 1 is 1.09 bits per heavy atom. The second-order valence-corrected chi connectivity index (χ2v) is 9.20. The third kappa shape index (κ3) is 2.96. The van der Waals surface area contributed by atoms with E-state index in [0.29, 0.717) is 0 Å². The Hall–Kier alpha value is -3.44. The standard InChI is InChI=1S/C27H27N5/c1-18(24-9-13-30-31-24)21-8-12-29-25-7-6-20(16-23(21)25)32-14-10-27(11-15-32)17-19-4-2-3-5-22(19)26(27)28/h2-9,12-13,16,26H,1,10-11,14-15,17,28H2,(H,30,31)/t26-/m1/s1. The third-order valence-electron chi connectivity index (χ3n) is 7.58. The van der Waals surface area contributed by atoms with Crippen molar-refractivity contribution in [3.05, 3.63) is 96.0 Å². The highest BCUT2D eigenvalue weighted by Gasteiger charge is 2.45. The van der Waals surface area contributed by atoms with Crippen molar-refractivity contribution in [2.24, 2.45) is 11.1 Å². The maximum atomic E-state index is 6.77. The van der Waals surface area contributed by atoms with E-state index in [1.165, 1.54) is 16.8 Å². The lowest BCUT2D eigenvalue weighted by Crippen LogP contribution is -2.44. The largest absolute Gasteiger partial charge is 0.371 e. The molecule has 2 aromatic carbocycles. The lowest BCUT2D eigenvalue weighted by molar-refractivity contribution is 0.188. The summed E-state index contributed by atoms with van der Waals surface area (Å²) in [6.07, 6.45) is 7.00. The van der Waals surface area contributed by atoms with Gasteiger partial charge in [0, 0.05) is 48.2 Å². The van der Waals surface area contributed by atoms with Gasteiger partial charge in [-0.05, 0) is 71.7 Å². The van der Waals surface area contributed by atoms with Crippen LogP contribution in [-0.2, 0) is 6.42 Å². The maximum Gasteiger partial charge on any atom is 0.0920 e. The van der Waals surface area contributed by atoms with E-state index in [2.05, 4.69) is 69.1 Å². The number of hydrogen-bond acceptors (Lipinski definition) is 4. The Labute approximate surface area is 188 Å². The zero-order valence-electron chi connectivity index (χ0n) is 18.1. The van der Waals surface area contributed by atoms with Crippen molar-refractivity contribution in [1.82, 2.24) is 15.2 Å². The molecule has 1 saturated heterocycles. The third-order valence-corrected chi connectivity index (χ3v) is 7.58. The number of nitrogens with two attached hydrogens (primary N) is 1. The number of nitrogens with one attached hydrogen (secondary N) is 1. The molecule has 2 aliphatic rings. The van der Waals surface area contributed by atoms with E-state index in [1.54, 1.807) is 0 Å². The van der Waals surface area contributed by atoms with Gasteiger partial charge in [0.2, 0.25) is 0 Å². The van der Waals surface area contributed by atoms with Crippen molar-refractivity contribution in [2.75, 3.05) is 18.0 Å². The monoisotopic (exact) mass is 421 g/mol. The van der Waals surface area contributed by atoms with E-state index < -0.39 is 0 Å². The highest BCUT2D eigenvalue weighted by Crippen LogP contribution is 2.51. The highest BCUT2D eigenvalue weighted by atomic mass is 15.1. The van der Waals surface area contributed by atoms with Gasteiger partial charge in [-0.25, -0.2) is 0 Å². The molecule has 3 N–H and O–H groups in total. The average molecular weight is 422 g/mol. The second-order valence-electron chi connectivity index (χ2n) is 9.20. The lowest BCUT2D eigenvalue weighted by atomic mass is 9.73. The van der Waals surface area contributed by atoms with Crippen molar-refractivity contribution in [3.8, 4) is 0 Å². The molecule has 0 radical (unpaired) electrons. The van der Waals surface area contributed by atoms with Crippen LogP contribution in [0, 0.1) is 5.41 Å². The van der Waals surface area contributed by atoms with Gasteiger partial charge in [0.1, 0.15) is 0 Å². The first kappa shape index (κ1) is 19.3. The van der Waals surface area contributed by atoms with Gasteiger partial charge in [-0.2, -0.15) is 5.10 Å². The summed E-state index contributed by atoms with van der Waals surface area (Å²) in [5.41, 5.74) is 14.8. The van der Waals surface area contributed by atoms with Gasteiger partial charge in [-0.3, -0.25) is 10.1 Å². The van der Waals surface area contributed by atoms with Crippen LogP contribution in [0.3, 0.4) is 0 Å². The maximum absolute atomic E-state index is 6.77. The Morgan fingerprint density at radius 2 is 1.94 bits per heavy atom. The molecule has 0 amide bonds. The number of aromatic nitrogens is 3. The predicted octanol–water partition coefficient (Wildman–Crippen LogP) is 4.86. The summed E-state index contributed by atoms with van der Waals surface area (Å²) in [5.74, 6) is 0. The van der Waals surface area contributed by atoms with Crippen molar-refractivity contribution in [1.29, 1.82) is 0 Å². The number of anilines is 1. The first-order chi connectivity index (χ1) is 15.6. The molecule has 2 aromatic heterocycles. The Kier molecular flexibility index (Phi) is 4.40. The first-order valence-electron chi connectivity index (χ1n) is 11.3. The number of piperidine rings is 1. The van der Waals surface area contributed by atoms with Crippen molar-refractivity contribution in [2.45, 2.75) is 25.3 Å². The summed E-state index contributed by atoms with van der Waals surface area (Å²) in [6.45, 7) is 6.33. The topological polar surface area (TPSA) is 70.8 Å². The molecule has 6 rings (SSSR count). The van der Waals surface area contributed by atoms with Gasteiger partial charge in [0.05, 0.1) is 11.2 Å². The normalized spacial score (nSPS) is 19.4. The number of pyridine rings is 1. The van der Waals surface area contributed by atoms with Crippen molar-refractivity contribution in [3.63, 3.8) is 0 Å². The van der Waals surface area contributed by atoms with Gasteiger partial charge in [-0.1, -0.05) is 30.8 Å². The summed E-state index contributed by atoms with van der Waals surface area (Å²) >= 11 is 0. The smallest absolute Gasteiger partial charge is 0.0920 e. The van der Waals surface area contributed by atoms with Crippen LogP contribution >= 0.6 is 0 Å². The molecular weight excluding hydrogens is 394 g/mol. The van der Waals surface area contributed by atoms with Gasteiger partial charge in [0.15, 0.2) is 0 Å². The van der Waals surface area contributed by atoms with Crippen LogP contribution in [-0.4, -0.2) is 28.3 Å². The summed E-state index contributed by atoms with van der Waals surface area (Å²) in [4.78, 5) is 7.07. The summed E-state index contributed by atoms with van der Waals surface area (Å²) in [5, 5.41) is 8.30. The molecule has 1 atom stereocenters. The van der Waals surface area contributed by atoms with Crippen LogP contribution in [0.5, 0.6) is 0 Å². The Morgan fingerprint density at radius 3 is 2.72 bits per heavy atom. The fourth-order valence-electron chi connectivity index (χ4n) is 5.68. The minimum absolute atomic E-state index is 0.144. The molecule has 1 fully saturated rings. The van der Waals surface area contributed by atoms with E-state index in [-0.39, 0.29) is 11.5 Å². The van der Waals surface area contributed by atoms with Crippen molar-refractivity contribution < 1.29 is 0 Å². The van der Waals surface area contributed by atoms with Gasteiger partial charge < -0.3 is 10.6 Å². The molecule has 0 unspecified atom stereocenters. The minimum atomic E-state index is 0.144. The second kappa shape index (κ2) is 7.31. The number of rotatable bonds is 3. The van der Waals surface area contributed by atoms with Crippen LogP contribution < -0.4 is 10.6 Å². The summed E-state index contributed by atoms with van der Waals surface area (Å²) in [7, 11) is 0. The zero-order chi connectivity index (χ0) is 21.7. The number of nitrogens with zero attached hydrogens (tertiary/aromatic N) is 3. The van der Waals surface area contributed by atoms with Gasteiger partial charge >= 0.3 is 0 Å². The fourth-order valence-corrected chi connectivity index (χ4v) is 5.68. The van der Waals surface area contributed by atoms with Gasteiger partial charge in [-0.15, -0.1) is 0 Å². The molecule has 5 heteroatoms. The van der Waals surface area contributed by atoms with E-state index in [1.807, 2.05) is 24.5 Å². The van der Waals surface area contributed by atoms with Crippen LogP contribution in [0.2, 0.25) is 0 Å². The quantitative estimate of drug-likeness (QED) is 0.495. The SMILES string of the molecule is C=C(c1cc[nH]n1)c1ccnc2ccc(N3CCC4(CC3)Cc3ccccc3[C@H]4N)cc12. The number of aromatic amines is 1. The minimum Gasteiger partial charge on any atom is -0.371 e. The molecule has 3 heterocycles. The molecule has 4 aromatic rings. The zero-order valence-corrected chi connectivity index (χ0v) is 18.1. The molecule has 1 aliphatic heterocycles. The molecule has 32 heavy (non-hydrogen) atoms. The van der Waals surface area contributed by atoms with E-state index in [0.717, 1.165) is 60.1 Å². The molecule has 5 nitrogen and oxygen atoms in total. The molecular formula is C27H27N5. The fraction of sp³-hybridized carbons (Fsp3) is 0.259. The van der Waals surface area contributed by atoms with Crippen molar-refractivity contribution >= 4 is 22.2 Å². The highest BCUT2D eigenvalue weighted by molar-refractivity contribution is 5.96. The lowest BCUT2D eigenvalue weighted by Gasteiger charge is -2.43. The Bertz CT molecular complexity index is 1300. The van der Waals surface area contributed by atoms with E-state index in [4.69, 9.17) is 5.73 Å². The van der Waals surface area contributed by atoms with E-state index in [9.17, 15) is 0 Å². The Balaban J connectivity index is 1.28. The summed E-state index contributed by atoms with van der Waals surface area (Å²) < 4.78 is 0. The number of H-pyrrole nitrogens is 1. The van der Waals surface area contributed by atoms with Crippen LogP contribution in [0.4, 0.5) is 5.69 Å². The van der Waals surface area contributed by atoms with E-state index >= 15 is 0 Å². The molecule has 0 saturated carbocycles. The number of fused-ring (bicyclic) bond motifs is 2. The summed E-state index contributed by atoms with van der Waals surface area (Å²) in [6, 6.07) is 19.4. The number of hydrogen-bond donors (Lipinski definition) is 2. The average Bonchev–Trinajstić information content (AvgIpc) is 3.46.